The molecule has 0 heterocycles. The van der Waals surface area contributed by atoms with E-state index in [4.69, 9.17) is 0 Å². The molecule has 5 rings (SSSR count). The van der Waals surface area contributed by atoms with E-state index in [1.54, 1.807) is 5.56 Å². The van der Waals surface area contributed by atoms with Gasteiger partial charge in [0.05, 0.1) is 0 Å². The molecule has 0 amide bonds. The molecule has 0 aromatic heterocycles. The molecule has 0 radical (unpaired) electrons. The molecule has 0 saturated heterocycles. The minimum absolute atomic E-state index is 0.847. The van der Waals surface area contributed by atoms with E-state index < -0.39 is 0 Å². The zero-order valence-corrected chi connectivity index (χ0v) is 11.6. The first kappa shape index (κ1) is 10.7. The Balaban J connectivity index is 1.56. The summed E-state index contributed by atoms with van der Waals surface area (Å²) in [4.78, 5) is 0. The van der Waals surface area contributed by atoms with Gasteiger partial charge in [-0.05, 0) is 65.7 Å². The number of rotatable bonds is 1. The second-order valence-electron chi connectivity index (χ2n) is 7.46. The summed E-state index contributed by atoms with van der Waals surface area (Å²) in [5.41, 5.74) is 1.62. The van der Waals surface area contributed by atoms with Gasteiger partial charge in [-0.15, -0.1) is 0 Å². The average Bonchev–Trinajstić information content (AvgIpc) is 3.17. The standard InChI is InChI=1S/C19H22/c1-11-15-10-16(17(11)12-5-3-2-4-6-12)19-14-8-7-13(9-14)18(15)19/h2-8,11,13-19H,9-10H2,1H3. The quantitative estimate of drug-likeness (QED) is 0.509. The smallest absolute Gasteiger partial charge is 0.0102 e. The molecular formula is C19H22. The normalized spacial score (nSPS) is 52.9. The van der Waals surface area contributed by atoms with E-state index >= 15 is 0 Å². The molecule has 4 aliphatic rings. The van der Waals surface area contributed by atoms with Crippen molar-refractivity contribution in [2.24, 2.45) is 41.4 Å². The fourth-order valence-electron chi connectivity index (χ4n) is 6.57. The second kappa shape index (κ2) is 3.53. The first-order valence-corrected chi connectivity index (χ1v) is 8.08. The van der Waals surface area contributed by atoms with E-state index in [9.17, 15) is 0 Å². The molecule has 8 atom stereocenters. The van der Waals surface area contributed by atoms with Gasteiger partial charge in [0, 0.05) is 0 Å². The Bertz CT molecular complexity index is 528. The summed E-state index contributed by atoms with van der Waals surface area (Å²) in [7, 11) is 0. The van der Waals surface area contributed by atoms with Gasteiger partial charge in [-0.1, -0.05) is 49.4 Å². The highest BCUT2D eigenvalue weighted by Crippen LogP contribution is 2.70. The van der Waals surface area contributed by atoms with Gasteiger partial charge < -0.3 is 0 Å². The van der Waals surface area contributed by atoms with Crippen LogP contribution in [-0.2, 0) is 0 Å². The summed E-state index contributed by atoms with van der Waals surface area (Å²) in [6, 6.07) is 11.4. The molecule has 1 aromatic carbocycles. The Kier molecular flexibility index (Phi) is 1.99. The van der Waals surface area contributed by atoms with Crippen LogP contribution in [0, 0.1) is 41.4 Å². The molecule has 19 heavy (non-hydrogen) atoms. The summed E-state index contributed by atoms with van der Waals surface area (Å²) in [6.07, 6.45) is 8.11. The van der Waals surface area contributed by atoms with Crippen molar-refractivity contribution < 1.29 is 0 Å². The topological polar surface area (TPSA) is 0 Å². The van der Waals surface area contributed by atoms with Crippen molar-refractivity contribution in [1.29, 1.82) is 0 Å². The Morgan fingerprint density at radius 3 is 2.26 bits per heavy atom. The lowest BCUT2D eigenvalue weighted by Crippen LogP contribution is -2.34. The third-order valence-electron chi connectivity index (χ3n) is 7.00. The summed E-state index contributed by atoms with van der Waals surface area (Å²) in [5, 5.41) is 0. The van der Waals surface area contributed by atoms with Crippen molar-refractivity contribution >= 4 is 0 Å². The highest BCUT2D eigenvalue weighted by Gasteiger charge is 2.63. The summed E-state index contributed by atoms with van der Waals surface area (Å²) < 4.78 is 0. The van der Waals surface area contributed by atoms with E-state index in [0.717, 1.165) is 47.3 Å². The van der Waals surface area contributed by atoms with E-state index in [0.29, 0.717) is 0 Å². The van der Waals surface area contributed by atoms with Crippen LogP contribution in [0.3, 0.4) is 0 Å². The van der Waals surface area contributed by atoms with Crippen molar-refractivity contribution in [3.8, 4) is 0 Å². The van der Waals surface area contributed by atoms with Crippen molar-refractivity contribution in [2.45, 2.75) is 25.7 Å². The summed E-state index contributed by atoms with van der Waals surface area (Å²) in [6.45, 7) is 2.54. The van der Waals surface area contributed by atoms with Gasteiger partial charge in [0.25, 0.3) is 0 Å². The molecule has 3 saturated carbocycles. The molecule has 0 aliphatic heterocycles. The molecule has 1 aromatic rings. The van der Waals surface area contributed by atoms with Gasteiger partial charge in [-0.25, -0.2) is 0 Å². The van der Waals surface area contributed by atoms with E-state index in [2.05, 4.69) is 49.4 Å². The van der Waals surface area contributed by atoms with E-state index in [-0.39, 0.29) is 0 Å². The van der Waals surface area contributed by atoms with Crippen LogP contribution in [0.2, 0.25) is 0 Å². The fraction of sp³-hybridized carbons (Fsp3) is 0.579. The van der Waals surface area contributed by atoms with Crippen LogP contribution in [-0.4, -0.2) is 0 Å². The monoisotopic (exact) mass is 250 g/mol. The van der Waals surface area contributed by atoms with Crippen LogP contribution in [0.1, 0.15) is 31.2 Å². The largest absolute Gasteiger partial charge is 0.0848 e. The molecule has 0 nitrogen and oxygen atoms in total. The minimum atomic E-state index is 0.847. The predicted molar refractivity (Wildman–Crippen MR) is 77.7 cm³/mol. The zero-order valence-electron chi connectivity index (χ0n) is 11.6. The fourth-order valence-corrected chi connectivity index (χ4v) is 6.57. The number of hydrogen-bond acceptors (Lipinski definition) is 0. The maximum absolute atomic E-state index is 2.55. The maximum atomic E-state index is 2.55. The first-order valence-electron chi connectivity index (χ1n) is 8.08. The van der Waals surface area contributed by atoms with Crippen molar-refractivity contribution in [3.63, 3.8) is 0 Å². The van der Waals surface area contributed by atoms with Crippen molar-refractivity contribution in [2.75, 3.05) is 0 Å². The van der Waals surface area contributed by atoms with Gasteiger partial charge in [0.2, 0.25) is 0 Å². The van der Waals surface area contributed by atoms with Crippen LogP contribution < -0.4 is 0 Å². The third kappa shape index (κ3) is 1.21. The van der Waals surface area contributed by atoms with Crippen LogP contribution in [0.4, 0.5) is 0 Å². The van der Waals surface area contributed by atoms with Crippen LogP contribution >= 0.6 is 0 Å². The van der Waals surface area contributed by atoms with Crippen molar-refractivity contribution in [1.82, 2.24) is 0 Å². The van der Waals surface area contributed by atoms with Crippen LogP contribution in [0.25, 0.3) is 0 Å². The molecule has 98 valence electrons. The summed E-state index contributed by atoms with van der Waals surface area (Å²) >= 11 is 0. The van der Waals surface area contributed by atoms with E-state index in [1.165, 1.54) is 12.8 Å². The maximum Gasteiger partial charge on any atom is -0.0102 e. The molecular weight excluding hydrogens is 228 g/mol. The highest BCUT2D eigenvalue weighted by atomic mass is 14.7. The summed E-state index contributed by atoms with van der Waals surface area (Å²) in [5.74, 6) is 7.71. The Morgan fingerprint density at radius 2 is 1.53 bits per heavy atom. The van der Waals surface area contributed by atoms with Gasteiger partial charge in [-0.2, -0.15) is 0 Å². The number of hydrogen-bond donors (Lipinski definition) is 0. The zero-order chi connectivity index (χ0) is 12.6. The molecule has 8 unspecified atom stereocenters. The molecule has 0 N–H and O–H groups in total. The Hall–Kier alpha value is -1.04. The van der Waals surface area contributed by atoms with Gasteiger partial charge in [0.15, 0.2) is 0 Å². The van der Waals surface area contributed by atoms with Gasteiger partial charge >= 0.3 is 0 Å². The lowest BCUT2D eigenvalue weighted by molar-refractivity contribution is 0.136. The molecule has 4 aliphatic carbocycles. The van der Waals surface area contributed by atoms with Gasteiger partial charge in [-0.3, -0.25) is 0 Å². The van der Waals surface area contributed by atoms with Crippen molar-refractivity contribution in [3.05, 3.63) is 48.0 Å². The van der Waals surface area contributed by atoms with E-state index in [1.807, 2.05) is 0 Å². The molecule has 3 fully saturated rings. The lowest BCUT2D eigenvalue weighted by atomic mass is 9.64. The highest BCUT2D eigenvalue weighted by molar-refractivity contribution is 5.30. The molecule has 0 heteroatoms. The molecule has 0 spiro atoms. The predicted octanol–water partition coefficient (Wildman–Crippen LogP) is 4.49. The molecule has 4 bridgehead atoms. The number of allylic oxidation sites excluding steroid dienone is 2. The van der Waals surface area contributed by atoms with Gasteiger partial charge in [0.1, 0.15) is 0 Å². The third-order valence-corrected chi connectivity index (χ3v) is 7.00. The lowest BCUT2D eigenvalue weighted by Gasteiger charge is -2.41. The average molecular weight is 250 g/mol. The number of fused-ring (bicyclic) bond motifs is 9. The first-order chi connectivity index (χ1) is 9.34. The Labute approximate surface area is 115 Å². The second-order valence-corrected chi connectivity index (χ2v) is 7.46. The minimum Gasteiger partial charge on any atom is -0.0848 e. The van der Waals surface area contributed by atoms with Crippen LogP contribution in [0.15, 0.2) is 42.5 Å². The SMILES string of the molecule is CC1C2CC(C1c1ccccc1)C1C3C=CC(C3)C21. The Morgan fingerprint density at radius 1 is 0.842 bits per heavy atom. The number of benzene rings is 1. The van der Waals surface area contributed by atoms with Crippen LogP contribution in [0.5, 0.6) is 0 Å².